The van der Waals surface area contributed by atoms with E-state index in [9.17, 15) is 4.79 Å². The van der Waals surface area contributed by atoms with Gasteiger partial charge >= 0.3 is 0 Å². The summed E-state index contributed by atoms with van der Waals surface area (Å²) in [6, 6.07) is 10.7. The topological polar surface area (TPSA) is 38.8 Å². The Balaban J connectivity index is 1.39. The van der Waals surface area contributed by atoms with E-state index in [2.05, 4.69) is 45.4 Å². The number of piperazine rings is 1. The summed E-state index contributed by atoms with van der Waals surface area (Å²) in [6.45, 7) is 9.97. The smallest absolute Gasteiger partial charge is 0.223 e. The first-order valence-electron chi connectivity index (χ1n) is 9.28. The van der Waals surface area contributed by atoms with Crippen LogP contribution in [0.2, 0.25) is 0 Å². The first-order chi connectivity index (χ1) is 11.8. The summed E-state index contributed by atoms with van der Waals surface area (Å²) in [6.07, 6.45) is 1.85. The maximum Gasteiger partial charge on any atom is 0.223 e. The molecule has 1 aromatic carbocycles. The highest BCUT2D eigenvalue weighted by Gasteiger charge is 2.19. The summed E-state index contributed by atoms with van der Waals surface area (Å²) in [5.41, 5.74) is 1.39. The first-order valence-corrected chi connectivity index (χ1v) is 9.28. The molecule has 2 aliphatic heterocycles. The zero-order valence-electron chi connectivity index (χ0n) is 14.6. The molecule has 132 valence electrons. The molecule has 0 atom stereocenters. The van der Waals surface area contributed by atoms with E-state index in [1.54, 1.807) is 0 Å². The Hall–Kier alpha value is -1.43. The molecule has 0 aromatic heterocycles. The van der Waals surface area contributed by atoms with Crippen LogP contribution in [0, 0.1) is 0 Å². The summed E-state index contributed by atoms with van der Waals surface area (Å²) in [4.78, 5) is 19.3. The second-order valence-corrected chi connectivity index (χ2v) is 6.84. The van der Waals surface area contributed by atoms with E-state index in [-0.39, 0.29) is 0 Å². The van der Waals surface area contributed by atoms with Gasteiger partial charge in [0, 0.05) is 58.8 Å². The molecule has 1 N–H and O–H groups in total. The molecule has 24 heavy (non-hydrogen) atoms. The van der Waals surface area contributed by atoms with Crippen molar-refractivity contribution in [2.24, 2.45) is 0 Å². The Morgan fingerprint density at radius 3 is 2.42 bits per heavy atom. The summed E-state index contributed by atoms with van der Waals surface area (Å²) < 4.78 is 0. The van der Waals surface area contributed by atoms with Gasteiger partial charge in [0.25, 0.3) is 0 Å². The Morgan fingerprint density at radius 2 is 1.62 bits per heavy atom. The molecule has 0 aliphatic carbocycles. The van der Waals surface area contributed by atoms with Gasteiger partial charge in [0.2, 0.25) is 5.91 Å². The van der Waals surface area contributed by atoms with E-state index in [1.165, 1.54) is 12.0 Å². The van der Waals surface area contributed by atoms with E-state index in [1.807, 2.05) is 4.90 Å². The molecule has 2 saturated heterocycles. The molecule has 2 fully saturated rings. The predicted octanol–water partition coefficient (Wildman–Crippen LogP) is 1.02. The molecule has 1 amide bonds. The lowest BCUT2D eigenvalue weighted by molar-refractivity contribution is -0.132. The minimum Gasteiger partial charge on any atom is -0.340 e. The van der Waals surface area contributed by atoms with Crippen LogP contribution in [0.15, 0.2) is 30.3 Å². The van der Waals surface area contributed by atoms with Gasteiger partial charge in [-0.2, -0.15) is 0 Å². The van der Waals surface area contributed by atoms with E-state index < -0.39 is 0 Å². The number of carbonyl (C=O) groups excluding carboxylic acids is 1. The monoisotopic (exact) mass is 330 g/mol. The van der Waals surface area contributed by atoms with Crippen molar-refractivity contribution in [3.8, 4) is 0 Å². The maximum atomic E-state index is 12.3. The molecule has 0 spiro atoms. The van der Waals surface area contributed by atoms with Crippen LogP contribution in [0.25, 0.3) is 0 Å². The predicted molar refractivity (Wildman–Crippen MR) is 96.8 cm³/mol. The summed E-state index contributed by atoms with van der Waals surface area (Å²) in [5, 5.41) is 3.30. The number of benzene rings is 1. The highest BCUT2D eigenvalue weighted by molar-refractivity contribution is 5.76. The Kier molecular flexibility index (Phi) is 6.64. The lowest BCUT2D eigenvalue weighted by Crippen LogP contribution is -2.47. The minimum absolute atomic E-state index is 0.321. The fourth-order valence-electron chi connectivity index (χ4n) is 3.57. The van der Waals surface area contributed by atoms with Crippen molar-refractivity contribution in [2.75, 3.05) is 58.9 Å². The van der Waals surface area contributed by atoms with Gasteiger partial charge in [0.05, 0.1) is 0 Å². The van der Waals surface area contributed by atoms with Crippen molar-refractivity contribution >= 4 is 5.91 Å². The first kappa shape index (κ1) is 17.4. The van der Waals surface area contributed by atoms with E-state index in [4.69, 9.17) is 0 Å². The van der Waals surface area contributed by atoms with E-state index in [0.717, 1.165) is 65.4 Å². The fourth-order valence-corrected chi connectivity index (χ4v) is 3.57. The fraction of sp³-hybridized carbons (Fsp3) is 0.632. The van der Waals surface area contributed by atoms with Crippen LogP contribution in [-0.4, -0.2) is 79.5 Å². The van der Waals surface area contributed by atoms with Crippen molar-refractivity contribution in [3.63, 3.8) is 0 Å². The molecule has 5 heteroatoms. The normalized spacial score (nSPS) is 20.8. The van der Waals surface area contributed by atoms with Gasteiger partial charge < -0.3 is 15.1 Å². The lowest BCUT2D eigenvalue weighted by atomic mass is 10.2. The largest absolute Gasteiger partial charge is 0.340 e. The van der Waals surface area contributed by atoms with E-state index >= 15 is 0 Å². The third-order valence-electron chi connectivity index (χ3n) is 5.04. The van der Waals surface area contributed by atoms with Gasteiger partial charge in [-0.05, 0) is 25.1 Å². The highest BCUT2D eigenvalue weighted by Crippen LogP contribution is 2.09. The molecule has 0 unspecified atom stereocenters. The molecule has 0 radical (unpaired) electrons. The maximum absolute atomic E-state index is 12.3. The molecule has 1 aromatic rings. The third kappa shape index (κ3) is 5.30. The Labute approximate surface area is 145 Å². The van der Waals surface area contributed by atoms with Crippen molar-refractivity contribution in [2.45, 2.75) is 19.4 Å². The SMILES string of the molecule is O=C(CCN1CCCN(Cc2ccccc2)CC1)N1CCNCC1. The van der Waals surface area contributed by atoms with E-state index in [0.29, 0.717) is 12.3 Å². The van der Waals surface area contributed by atoms with Crippen molar-refractivity contribution < 1.29 is 4.79 Å². The van der Waals surface area contributed by atoms with Crippen molar-refractivity contribution in [3.05, 3.63) is 35.9 Å². The van der Waals surface area contributed by atoms with Crippen LogP contribution < -0.4 is 5.32 Å². The molecule has 3 rings (SSSR count). The number of nitrogens with zero attached hydrogens (tertiary/aromatic N) is 3. The number of amides is 1. The van der Waals surface area contributed by atoms with Crippen LogP contribution in [0.4, 0.5) is 0 Å². The minimum atomic E-state index is 0.321. The quantitative estimate of drug-likeness (QED) is 0.875. The molecule has 2 heterocycles. The average Bonchev–Trinajstić information content (AvgIpc) is 2.86. The number of nitrogens with one attached hydrogen (secondary N) is 1. The van der Waals surface area contributed by atoms with Gasteiger partial charge in [-0.3, -0.25) is 9.69 Å². The molecular formula is C19H30N4O. The van der Waals surface area contributed by atoms with Crippen LogP contribution >= 0.6 is 0 Å². The second-order valence-electron chi connectivity index (χ2n) is 6.84. The summed E-state index contributed by atoms with van der Waals surface area (Å²) >= 11 is 0. The number of hydrogen-bond donors (Lipinski definition) is 1. The average molecular weight is 330 g/mol. The molecule has 0 saturated carbocycles. The highest BCUT2D eigenvalue weighted by atomic mass is 16.2. The van der Waals surface area contributed by atoms with Gasteiger partial charge in [-0.15, -0.1) is 0 Å². The second kappa shape index (κ2) is 9.16. The number of rotatable bonds is 5. The molecular weight excluding hydrogens is 300 g/mol. The molecule has 5 nitrogen and oxygen atoms in total. The zero-order chi connectivity index (χ0) is 16.6. The Bertz CT molecular complexity index is 501. The molecule has 0 bridgehead atoms. The third-order valence-corrected chi connectivity index (χ3v) is 5.04. The van der Waals surface area contributed by atoms with Gasteiger partial charge in [-0.1, -0.05) is 30.3 Å². The number of carbonyl (C=O) groups is 1. The zero-order valence-corrected chi connectivity index (χ0v) is 14.6. The Morgan fingerprint density at radius 1 is 0.917 bits per heavy atom. The van der Waals surface area contributed by atoms with Gasteiger partial charge in [0.15, 0.2) is 0 Å². The number of hydrogen-bond acceptors (Lipinski definition) is 4. The molecule has 2 aliphatic rings. The van der Waals surface area contributed by atoms with Crippen LogP contribution in [0.5, 0.6) is 0 Å². The van der Waals surface area contributed by atoms with Gasteiger partial charge in [-0.25, -0.2) is 0 Å². The summed E-state index contributed by atoms with van der Waals surface area (Å²) in [5.74, 6) is 0.321. The van der Waals surface area contributed by atoms with Crippen LogP contribution in [-0.2, 0) is 11.3 Å². The van der Waals surface area contributed by atoms with Crippen molar-refractivity contribution in [1.29, 1.82) is 0 Å². The van der Waals surface area contributed by atoms with Crippen molar-refractivity contribution in [1.82, 2.24) is 20.0 Å². The standard InChI is InChI=1S/C19H30N4O/c24-19(23-13-8-20-9-14-23)7-12-21-10-4-11-22(16-15-21)17-18-5-2-1-3-6-18/h1-3,5-6,20H,4,7-17H2. The van der Waals surface area contributed by atoms with Crippen LogP contribution in [0.1, 0.15) is 18.4 Å². The van der Waals surface area contributed by atoms with Gasteiger partial charge in [0.1, 0.15) is 0 Å². The summed E-state index contributed by atoms with van der Waals surface area (Å²) in [7, 11) is 0. The lowest BCUT2D eigenvalue weighted by Gasteiger charge is -2.28. The van der Waals surface area contributed by atoms with Crippen LogP contribution in [0.3, 0.4) is 0 Å².